The summed E-state index contributed by atoms with van der Waals surface area (Å²) in [6.07, 6.45) is 8.12. The summed E-state index contributed by atoms with van der Waals surface area (Å²) in [4.78, 5) is 37.9. The van der Waals surface area contributed by atoms with Crippen molar-refractivity contribution in [3.05, 3.63) is 53.9 Å². The molecular weight excluding hydrogens is 306 g/mol. The molecule has 0 aromatic carbocycles. The zero-order chi connectivity index (χ0) is 16.9. The molecule has 1 aliphatic rings. The molecule has 0 aliphatic carbocycles. The predicted molar refractivity (Wildman–Crippen MR) is 86.8 cm³/mol. The lowest BCUT2D eigenvalue weighted by atomic mass is 10.1. The molecule has 2 aromatic rings. The van der Waals surface area contributed by atoms with Crippen molar-refractivity contribution in [2.75, 3.05) is 6.54 Å². The van der Waals surface area contributed by atoms with Crippen LogP contribution in [0.25, 0.3) is 0 Å². The Morgan fingerprint density at radius 3 is 2.79 bits per heavy atom. The van der Waals surface area contributed by atoms with Gasteiger partial charge in [0.05, 0.1) is 17.9 Å². The Kier molecular flexibility index (Phi) is 4.79. The van der Waals surface area contributed by atoms with Crippen molar-refractivity contribution >= 4 is 11.8 Å². The van der Waals surface area contributed by atoms with Gasteiger partial charge >= 0.3 is 0 Å². The second-order valence-electron chi connectivity index (χ2n) is 5.75. The Morgan fingerprint density at radius 1 is 1.25 bits per heavy atom. The first kappa shape index (κ1) is 16.0. The lowest BCUT2D eigenvalue weighted by molar-refractivity contribution is -0.119. The van der Waals surface area contributed by atoms with Crippen molar-refractivity contribution in [2.45, 2.75) is 32.4 Å². The summed E-state index contributed by atoms with van der Waals surface area (Å²) in [7, 11) is 0. The molecule has 2 aromatic heterocycles. The van der Waals surface area contributed by atoms with E-state index in [1.54, 1.807) is 17.3 Å². The fraction of sp³-hybridized carbons (Fsp3) is 0.353. The first-order valence-corrected chi connectivity index (χ1v) is 7.91. The topological polar surface area (TPSA) is 88.1 Å². The van der Waals surface area contributed by atoms with Crippen LogP contribution in [0.2, 0.25) is 0 Å². The largest absolute Gasteiger partial charge is 0.352 e. The van der Waals surface area contributed by atoms with Gasteiger partial charge in [-0.2, -0.15) is 0 Å². The number of rotatable bonds is 4. The molecule has 7 heteroatoms. The molecule has 1 aliphatic heterocycles. The number of carbonyl (C=O) groups excluding carboxylic acids is 2. The van der Waals surface area contributed by atoms with Crippen molar-refractivity contribution in [2.24, 2.45) is 0 Å². The predicted octanol–water partition coefficient (Wildman–Crippen LogP) is 1.49. The van der Waals surface area contributed by atoms with Crippen LogP contribution in [-0.2, 0) is 11.3 Å². The number of hydrogen-bond donors (Lipinski definition) is 1. The van der Waals surface area contributed by atoms with Crippen molar-refractivity contribution in [1.29, 1.82) is 0 Å². The van der Waals surface area contributed by atoms with E-state index in [4.69, 9.17) is 0 Å². The SMILES string of the molecule is CC(=O)NCc1ccc(C2CCCN2C(=O)c2cnccn2)nc1. The van der Waals surface area contributed by atoms with Gasteiger partial charge < -0.3 is 10.2 Å². The second-order valence-corrected chi connectivity index (χ2v) is 5.75. The monoisotopic (exact) mass is 325 g/mol. The molecule has 3 heterocycles. The summed E-state index contributed by atoms with van der Waals surface area (Å²) in [5.41, 5.74) is 2.14. The average molecular weight is 325 g/mol. The van der Waals surface area contributed by atoms with Crippen LogP contribution >= 0.6 is 0 Å². The third-order valence-corrected chi connectivity index (χ3v) is 4.03. The lowest BCUT2D eigenvalue weighted by Crippen LogP contribution is -2.31. The molecule has 7 nitrogen and oxygen atoms in total. The molecule has 124 valence electrons. The van der Waals surface area contributed by atoms with Crippen LogP contribution < -0.4 is 5.32 Å². The number of amides is 2. The minimum absolute atomic E-state index is 0.0469. The van der Waals surface area contributed by atoms with Gasteiger partial charge in [0, 0.05) is 38.6 Å². The molecule has 2 amide bonds. The lowest BCUT2D eigenvalue weighted by Gasteiger charge is -2.24. The fourth-order valence-electron chi connectivity index (χ4n) is 2.84. The number of aromatic nitrogens is 3. The molecule has 0 saturated carbocycles. The van der Waals surface area contributed by atoms with Crippen molar-refractivity contribution < 1.29 is 9.59 Å². The third-order valence-electron chi connectivity index (χ3n) is 4.03. The van der Waals surface area contributed by atoms with E-state index < -0.39 is 0 Å². The van der Waals surface area contributed by atoms with Crippen LogP contribution in [0.3, 0.4) is 0 Å². The Labute approximate surface area is 140 Å². The maximum Gasteiger partial charge on any atom is 0.274 e. The molecule has 1 saturated heterocycles. The van der Waals surface area contributed by atoms with Crippen LogP contribution in [-0.4, -0.2) is 38.2 Å². The quantitative estimate of drug-likeness (QED) is 0.920. The Morgan fingerprint density at radius 2 is 2.12 bits per heavy atom. The molecule has 1 unspecified atom stereocenters. The van der Waals surface area contributed by atoms with Crippen LogP contribution in [0.4, 0.5) is 0 Å². The first-order valence-electron chi connectivity index (χ1n) is 7.91. The summed E-state index contributed by atoms with van der Waals surface area (Å²) in [5.74, 6) is -0.190. The zero-order valence-corrected chi connectivity index (χ0v) is 13.5. The molecule has 24 heavy (non-hydrogen) atoms. The number of hydrogen-bond acceptors (Lipinski definition) is 5. The second kappa shape index (κ2) is 7.16. The maximum atomic E-state index is 12.6. The normalized spacial score (nSPS) is 16.9. The number of carbonyl (C=O) groups is 2. The molecule has 0 bridgehead atoms. The van der Waals surface area contributed by atoms with E-state index in [-0.39, 0.29) is 17.9 Å². The van der Waals surface area contributed by atoms with Crippen LogP contribution in [0.5, 0.6) is 0 Å². The Balaban J connectivity index is 1.73. The Hall–Kier alpha value is -2.83. The van der Waals surface area contributed by atoms with Gasteiger partial charge in [0.2, 0.25) is 5.91 Å². The highest BCUT2D eigenvalue weighted by Crippen LogP contribution is 2.31. The molecule has 1 fully saturated rings. The van der Waals surface area contributed by atoms with Crippen LogP contribution in [0, 0.1) is 0 Å². The molecule has 0 spiro atoms. The minimum atomic E-state index is -0.116. The van der Waals surface area contributed by atoms with E-state index in [0.29, 0.717) is 18.8 Å². The van der Waals surface area contributed by atoms with Gasteiger partial charge in [0.1, 0.15) is 5.69 Å². The summed E-state index contributed by atoms with van der Waals surface area (Å²) in [6, 6.07) is 3.81. The van der Waals surface area contributed by atoms with E-state index >= 15 is 0 Å². The van der Waals surface area contributed by atoms with E-state index in [2.05, 4.69) is 20.3 Å². The number of pyridine rings is 1. The minimum Gasteiger partial charge on any atom is -0.352 e. The highest BCUT2D eigenvalue weighted by Gasteiger charge is 2.32. The van der Waals surface area contributed by atoms with Gasteiger partial charge in [-0.1, -0.05) is 6.07 Å². The summed E-state index contributed by atoms with van der Waals surface area (Å²) in [5, 5.41) is 2.74. The van der Waals surface area contributed by atoms with E-state index in [9.17, 15) is 9.59 Å². The van der Waals surface area contributed by atoms with Crippen LogP contribution in [0.15, 0.2) is 36.9 Å². The van der Waals surface area contributed by atoms with Gasteiger partial charge in [-0.05, 0) is 24.5 Å². The van der Waals surface area contributed by atoms with Gasteiger partial charge in [0.25, 0.3) is 5.91 Å². The number of likely N-dealkylation sites (tertiary alicyclic amines) is 1. The number of nitrogens with one attached hydrogen (secondary N) is 1. The highest BCUT2D eigenvalue weighted by molar-refractivity contribution is 5.92. The van der Waals surface area contributed by atoms with Gasteiger partial charge in [-0.3, -0.25) is 19.6 Å². The maximum absolute atomic E-state index is 12.6. The fourth-order valence-corrected chi connectivity index (χ4v) is 2.84. The van der Waals surface area contributed by atoms with Crippen molar-refractivity contribution in [3.8, 4) is 0 Å². The van der Waals surface area contributed by atoms with E-state index in [1.165, 1.54) is 19.3 Å². The molecule has 3 rings (SSSR count). The third kappa shape index (κ3) is 3.56. The highest BCUT2D eigenvalue weighted by atomic mass is 16.2. The average Bonchev–Trinajstić information content (AvgIpc) is 3.10. The smallest absolute Gasteiger partial charge is 0.274 e. The van der Waals surface area contributed by atoms with E-state index in [1.807, 2.05) is 12.1 Å². The molecular formula is C17H19N5O2. The summed E-state index contributed by atoms with van der Waals surface area (Å²) < 4.78 is 0. The molecule has 1 N–H and O–H groups in total. The summed E-state index contributed by atoms with van der Waals surface area (Å²) >= 11 is 0. The van der Waals surface area contributed by atoms with Gasteiger partial charge in [-0.15, -0.1) is 0 Å². The standard InChI is InChI=1S/C17H19N5O2/c1-12(23)20-9-13-4-5-14(21-10-13)16-3-2-8-22(16)17(24)15-11-18-6-7-19-15/h4-7,10-11,16H,2-3,8-9H2,1H3,(H,20,23). The van der Waals surface area contributed by atoms with Crippen LogP contribution in [0.1, 0.15) is 47.6 Å². The van der Waals surface area contributed by atoms with E-state index in [0.717, 1.165) is 24.1 Å². The van der Waals surface area contributed by atoms with Gasteiger partial charge in [0.15, 0.2) is 0 Å². The zero-order valence-electron chi connectivity index (χ0n) is 13.5. The van der Waals surface area contributed by atoms with Gasteiger partial charge in [-0.25, -0.2) is 4.98 Å². The number of nitrogens with zero attached hydrogens (tertiary/aromatic N) is 4. The van der Waals surface area contributed by atoms with Crippen molar-refractivity contribution in [3.63, 3.8) is 0 Å². The first-order chi connectivity index (χ1) is 11.6. The summed E-state index contributed by atoms with van der Waals surface area (Å²) in [6.45, 7) is 2.63. The van der Waals surface area contributed by atoms with Crippen molar-refractivity contribution in [1.82, 2.24) is 25.2 Å². The molecule has 1 atom stereocenters. The Bertz CT molecular complexity index is 718. The molecule has 0 radical (unpaired) electrons.